The van der Waals surface area contributed by atoms with Gasteiger partial charge in [0.1, 0.15) is 0 Å². The second-order valence-electron chi connectivity index (χ2n) is 5.18. The van der Waals surface area contributed by atoms with Crippen LogP contribution >= 0.6 is 0 Å². The molecule has 0 aliphatic rings. The number of carbonyl (C=O) groups is 1. The molecular weight excluding hydrogens is 364 g/mol. The summed E-state index contributed by atoms with van der Waals surface area (Å²) in [6, 6.07) is 10.4. The number of carbonyl (C=O) groups excluding carboxylic acids is 1. The first-order valence-electron chi connectivity index (χ1n) is 7.28. The van der Waals surface area contributed by atoms with Crippen LogP contribution in [0.2, 0.25) is 0 Å². The molecule has 2 aromatic carbocycles. The minimum atomic E-state index is -1.83. The van der Waals surface area contributed by atoms with Crippen LogP contribution in [0.1, 0.15) is 11.1 Å². The topological polar surface area (TPSA) is 130 Å². The molecule has 0 unspecified atom stereocenters. The lowest BCUT2D eigenvalue weighted by atomic mass is 10.1. The molecule has 0 spiro atoms. The Kier molecular flexibility index (Phi) is 6.12. The van der Waals surface area contributed by atoms with Crippen LogP contribution in [0.25, 0.3) is 0 Å². The van der Waals surface area contributed by atoms with E-state index in [9.17, 15) is 29.2 Å². The summed E-state index contributed by atoms with van der Waals surface area (Å²) in [5.41, 5.74) is -0.673. The van der Waals surface area contributed by atoms with Gasteiger partial charge in [-0.3, -0.25) is 29.2 Å². The van der Waals surface area contributed by atoms with E-state index < -0.39 is 44.4 Å². The summed E-state index contributed by atoms with van der Waals surface area (Å²) in [7, 11) is -0.723. The summed E-state index contributed by atoms with van der Waals surface area (Å²) < 4.78 is 17.3. The Labute approximate surface area is 150 Å². The third kappa shape index (κ3) is 4.48. The van der Waals surface area contributed by atoms with Crippen LogP contribution in [0.5, 0.6) is 0 Å². The number of benzene rings is 2. The monoisotopic (exact) mass is 378 g/mol. The van der Waals surface area contributed by atoms with Gasteiger partial charge in [0.25, 0.3) is 11.4 Å². The second-order valence-corrected chi connectivity index (χ2v) is 6.60. The van der Waals surface area contributed by atoms with Gasteiger partial charge in [0.2, 0.25) is 0 Å². The second kappa shape index (κ2) is 8.30. The van der Waals surface area contributed by atoms with Crippen LogP contribution in [-0.4, -0.2) is 27.1 Å². The van der Waals surface area contributed by atoms with Crippen molar-refractivity contribution in [2.24, 2.45) is 0 Å². The minimum absolute atomic E-state index is 0.00661. The number of nitro benzene ring substituents is 2. The van der Waals surface area contributed by atoms with Gasteiger partial charge in [0.15, 0.2) is 0 Å². The summed E-state index contributed by atoms with van der Waals surface area (Å²) in [6.45, 7) is 0. The van der Waals surface area contributed by atoms with E-state index in [1.54, 1.807) is 30.3 Å². The maximum Gasteiger partial charge on any atom is 0.310 e. The molecule has 0 saturated heterocycles. The highest BCUT2D eigenvalue weighted by Gasteiger charge is 2.28. The molecule has 2 rings (SSSR count). The third-order valence-corrected chi connectivity index (χ3v) is 4.96. The summed E-state index contributed by atoms with van der Waals surface area (Å²) in [6.07, 6.45) is -0.513. The Morgan fingerprint density at radius 2 is 1.77 bits per heavy atom. The van der Waals surface area contributed by atoms with Crippen molar-refractivity contribution in [1.29, 1.82) is 0 Å². The smallest absolute Gasteiger partial charge is 0.310 e. The lowest BCUT2D eigenvalue weighted by Gasteiger charge is -2.10. The standard InChI is InChI=1S/C16H14N2O7S/c1-25-16(19)9-13-14(18(22)23)7-12(17(20)21)8-15(13)26(24)10-11-5-3-2-4-6-11/h2-8H,9-10H2,1H3/t26-/m1/s1. The van der Waals surface area contributed by atoms with Crippen LogP contribution in [0, 0.1) is 20.2 Å². The molecule has 0 aliphatic heterocycles. The number of hydrogen-bond acceptors (Lipinski definition) is 7. The van der Waals surface area contributed by atoms with Gasteiger partial charge in [-0.15, -0.1) is 0 Å². The molecule has 0 fully saturated rings. The number of methoxy groups -OCH3 is 1. The molecule has 9 nitrogen and oxygen atoms in total. The van der Waals surface area contributed by atoms with Crippen LogP contribution in [0.4, 0.5) is 11.4 Å². The van der Waals surface area contributed by atoms with Crippen LogP contribution in [0.15, 0.2) is 47.4 Å². The van der Waals surface area contributed by atoms with Gasteiger partial charge in [0, 0.05) is 6.07 Å². The van der Waals surface area contributed by atoms with Crippen LogP contribution in [0.3, 0.4) is 0 Å². The molecule has 2 aromatic rings. The molecule has 0 aliphatic carbocycles. The average molecular weight is 378 g/mol. The predicted molar refractivity (Wildman–Crippen MR) is 92.0 cm³/mol. The fraction of sp³-hybridized carbons (Fsp3) is 0.188. The van der Waals surface area contributed by atoms with E-state index in [0.717, 1.165) is 19.2 Å². The van der Waals surface area contributed by atoms with Gasteiger partial charge in [-0.05, 0) is 5.56 Å². The highest BCUT2D eigenvalue weighted by atomic mass is 32.2. The first-order valence-corrected chi connectivity index (χ1v) is 8.60. The molecule has 0 amide bonds. The Balaban J connectivity index is 2.59. The summed E-state index contributed by atoms with van der Waals surface area (Å²) in [5.74, 6) is -0.784. The molecule has 0 bridgehead atoms. The van der Waals surface area contributed by atoms with E-state index in [2.05, 4.69) is 4.74 Å². The van der Waals surface area contributed by atoms with E-state index in [1.165, 1.54) is 0 Å². The van der Waals surface area contributed by atoms with Crippen molar-refractivity contribution < 1.29 is 23.6 Å². The SMILES string of the molecule is COC(=O)Cc1c([N+](=O)[O-])cc([N+](=O)[O-])cc1[S@](=O)Cc1ccccc1. The van der Waals surface area contributed by atoms with E-state index in [-0.39, 0.29) is 16.2 Å². The maximum atomic E-state index is 12.8. The molecule has 0 radical (unpaired) electrons. The average Bonchev–Trinajstić information content (AvgIpc) is 2.61. The molecule has 0 heterocycles. The predicted octanol–water partition coefficient (Wildman–Crippen LogP) is 2.53. The van der Waals surface area contributed by atoms with Crippen LogP contribution in [-0.2, 0) is 32.5 Å². The Hall–Kier alpha value is -3.14. The van der Waals surface area contributed by atoms with Gasteiger partial charge in [-0.1, -0.05) is 30.3 Å². The molecule has 10 heteroatoms. The molecule has 0 saturated carbocycles. The van der Waals surface area contributed by atoms with Crippen molar-refractivity contribution in [1.82, 2.24) is 0 Å². The van der Waals surface area contributed by atoms with Crippen molar-refractivity contribution in [2.75, 3.05) is 7.11 Å². The maximum absolute atomic E-state index is 12.8. The highest BCUT2D eigenvalue weighted by Crippen LogP contribution is 2.32. The first kappa shape index (κ1) is 19.2. The van der Waals surface area contributed by atoms with Gasteiger partial charge in [-0.2, -0.15) is 0 Å². The number of non-ortho nitro benzene ring substituents is 1. The zero-order chi connectivity index (χ0) is 19.3. The third-order valence-electron chi connectivity index (χ3n) is 3.51. The fourth-order valence-corrected chi connectivity index (χ4v) is 3.64. The number of ether oxygens (including phenoxy) is 1. The van der Waals surface area contributed by atoms with Crippen LogP contribution < -0.4 is 0 Å². The van der Waals surface area contributed by atoms with E-state index in [0.29, 0.717) is 5.56 Å². The summed E-state index contributed by atoms with van der Waals surface area (Å²) in [4.78, 5) is 32.3. The van der Waals surface area contributed by atoms with Crippen molar-refractivity contribution in [3.8, 4) is 0 Å². The van der Waals surface area contributed by atoms with Crippen molar-refractivity contribution in [3.63, 3.8) is 0 Å². The molecule has 0 aromatic heterocycles. The Morgan fingerprint density at radius 1 is 1.12 bits per heavy atom. The van der Waals surface area contributed by atoms with E-state index >= 15 is 0 Å². The zero-order valence-corrected chi connectivity index (χ0v) is 14.4. The highest BCUT2D eigenvalue weighted by molar-refractivity contribution is 7.84. The Bertz CT molecular complexity index is 884. The summed E-state index contributed by atoms with van der Waals surface area (Å²) in [5, 5.41) is 22.4. The van der Waals surface area contributed by atoms with Gasteiger partial charge in [-0.25, -0.2) is 0 Å². The number of esters is 1. The molecule has 136 valence electrons. The normalized spacial score (nSPS) is 11.6. The fourth-order valence-electron chi connectivity index (χ4n) is 2.29. The van der Waals surface area contributed by atoms with Gasteiger partial charge >= 0.3 is 5.97 Å². The lowest BCUT2D eigenvalue weighted by Crippen LogP contribution is -2.12. The molecular formula is C16H14N2O7S. The van der Waals surface area contributed by atoms with E-state index in [4.69, 9.17) is 0 Å². The van der Waals surface area contributed by atoms with E-state index in [1.807, 2.05) is 0 Å². The van der Waals surface area contributed by atoms with Gasteiger partial charge in [0.05, 0.1) is 56.5 Å². The quantitative estimate of drug-likeness (QED) is 0.411. The first-order chi connectivity index (χ1) is 12.3. The largest absolute Gasteiger partial charge is 0.469 e. The van der Waals surface area contributed by atoms with Crippen molar-refractivity contribution in [3.05, 3.63) is 73.8 Å². The van der Waals surface area contributed by atoms with Gasteiger partial charge < -0.3 is 4.74 Å². The molecule has 26 heavy (non-hydrogen) atoms. The summed E-state index contributed by atoms with van der Waals surface area (Å²) >= 11 is 0. The minimum Gasteiger partial charge on any atom is -0.469 e. The number of nitro groups is 2. The number of rotatable bonds is 7. The molecule has 1 atom stereocenters. The molecule has 0 N–H and O–H groups in total. The lowest BCUT2D eigenvalue weighted by molar-refractivity contribution is -0.395. The van der Waals surface area contributed by atoms with Crippen molar-refractivity contribution >= 4 is 28.1 Å². The number of hydrogen-bond donors (Lipinski definition) is 0. The number of nitrogens with zero attached hydrogens (tertiary/aromatic N) is 2. The van der Waals surface area contributed by atoms with Crippen molar-refractivity contribution in [2.45, 2.75) is 17.1 Å². The Morgan fingerprint density at radius 3 is 2.31 bits per heavy atom. The zero-order valence-electron chi connectivity index (χ0n) is 13.6.